The van der Waals surface area contributed by atoms with E-state index in [-0.39, 0.29) is 5.78 Å². The lowest BCUT2D eigenvalue weighted by molar-refractivity contribution is 0.101. The van der Waals surface area contributed by atoms with Gasteiger partial charge in [0.05, 0.1) is 0 Å². The number of Topliss-reactive ketones (excluding diaryl/α,β-unsaturated/α-hetero) is 1. The van der Waals surface area contributed by atoms with Crippen molar-refractivity contribution in [2.45, 2.75) is 27.4 Å². The maximum atomic E-state index is 11.3. The number of nitrogens with zero attached hydrogens (tertiary/aromatic N) is 1. The van der Waals surface area contributed by atoms with Gasteiger partial charge in [-0.25, -0.2) is 0 Å². The fourth-order valence-corrected chi connectivity index (χ4v) is 1.89. The minimum Gasteiger partial charge on any atom is -0.489 e. The molecule has 1 aromatic carbocycles. The molecule has 2 rings (SSSR count). The lowest BCUT2D eigenvalue weighted by Gasteiger charge is -2.10. The van der Waals surface area contributed by atoms with Gasteiger partial charge >= 0.3 is 0 Å². The van der Waals surface area contributed by atoms with E-state index in [9.17, 15) is 4.79 Å². The Balaban J connectivity index is 2.10. The zero-order chi connectivity index (χ0) is 13.8. The molecule has 98 valence electrons. The maximum absolute atomic E-state index is 11.3. The van der Waals surface area contributed by atoms with Crippen LogP contribution < -0.4 is 4.74 Å². The van der Waals surface area contributed by atoms with Crippen molar-refractivity contribution >= 4 is 5.78 Å². The van der Waals surface area contributed by atoms with Crippen molar-refractivity contribution in [3.63, 3.8) is 0 Å². The molecule has 0 atom stereocenters. The van der Waals surface area contributed by atoms with Crippen molar-refractivity contribution in [1.29, 1.82) is 0 Å². The van der Waals surface area contributed by atoms with E-state index in [1.165, 1.54) is 0 Å². The van der Waals surface area contributed by atoms with Crippen LogP contribution in [-0.2, 0) is 6.61 Å². The number of ether oxygens (including phenoxy) is 1. The standard InChI is InChI=1S/C16H17NO2/c1-11-6-14(9-17-8-11)10-19-16-5-4-15(13(3)18)7-12(16)2/h4-9H,10H2,1-3H3. The van der Waals surface area contributed by atoms with Gasteiger partial charge in [-0.2, -0.15) is 0 Å². The summed E-state index contributed by atoms with van der Waals surface area (Å²) in [4.78, 5) is 15.4. The molecule has 0 aliphatic heterocycles. The average Bonchev–Trinajstić information content (AvgIpc) is 2.37. The van der Waals surface area contributed by atoms with Gasteiger partial charge in [0.2, 0.25) is 0 Å². The van der Waals surface area contributed by atoms with Crippen molar-refractivity contribution in [2.24, 2.45) is 0 Å². The molecule has 1 aromatic heterocycles. The topological polar surface area (TPSA) is 39.2 Å². The predicted octanol–water partition coefficient (Wildman–Crippen LogP) is 3.48. The summed E-state index contributed by atoms with van der Waals surface area (Å²) in [6.45, 7) is 5.99. The van der Waals surface area contributed by atoms with Gasteiger partial charge in [-0.3, -0.25) is 9.78 Å². The fourth-order valence-electron chi connectivity index (χ4n) is 1.89. The summed E-state index contributed by atoms with van der Waals surface area (Å²) in [5.41, 5.74) is 3.83. The first kappa shape index (κ1) is 13.3. The monoisotopic (exact) mass is 255 g/mol. The molecule has 0 amide bonds. The van der Waals surface area contributed by atoms with E-state index < -0.39 is 0 Å². The average molecular weight is 255 g/mol. The van der Waals surface area contributed by atoms with Crippen molar-refractivity contribution in [1.82, 2.24) is 4.98 Å². The molecule has 0 spiro atoms. The van der Waals surface area contributed by atoms with E-state index in [1.807, 2.05) is 38.2 Å². The van der Waals surface area contributed by atoms with Crippen LogP contribution in [0.4, 0.5) is 0 Å². The summed E-state index contributed by atoms with van der Waals surface area (Å²) in [5, 5.41) is 0. The number of carbonyl (C=O) groups excluding carboxylic acids is 1. The number of pyridine rings is 1. The molecular weight excluding hydrogens is 238 g/mol. The van der Waals surface area contributed by atoms with E-state index >= 15 is 0 Å². The Bertz CT molecular complexity index is 605. The van der Waals surface area contributed by atoms with E-state index in [4.69, 9.17) is 4.74 Å². The molecule has 0 saturated carbocycles. The molecule has 2 aromatic rings. The Kier molecular flexibility index (Phi) is 3.95. The highest BCUT2D eigenvalue weighted by Gasteiger charge is 2.05. The summed E-state index contributed by atoms with van der Waals surface area (Å²) >= 11 is 0. The smallest absolute Gasteiger partial charge is 0.159 e. The summed E-state index contributed by atoms with van der Waals surface area (Å²) in [7, 11) is 0. The number of ketones is 1. The molecule has 0 N–H and O–H groups in total. The Morgan fingerprint density at radius 2 is 2.00 bits per heavy atom. The zero-order valence-corrected chi connectivity index (χ0v) is 11.4. The highest BCUT2D eigenvalue weighted by Crippen LogP contribution is 2.20. The number of hydrogen-bond donors (Lipinski definition) is 0. The van der Waals surface area contributed by atoms with Crippen LogP contribution in [0.2, 0.25) is 0 Å². The Morgan fingerprint density at radius 1 is 1.21 bits per heavy atom. The molecule has 3 heteroatoms. The van der Waals surface area contributed by atoms with E-state index in [1.54, 1.807) is 19.2 Å². The second-order valence-corrected chi connectivity index (χ2v) is 4.70. The highest BCUT2D eigenvalue weighted by molar-refractivity contribution is 5.94. The highest BCUT2D eigenvalue weighted by atomic mass is 16.5. The molecule has 0 fully saturated rings. The fraction of sp³-hybridized carbons (Fsp3) is 0.250. The van der Waals surface area contributed by atoms with Gasteiger partial charge in [0.1, 0.15) is 12.4 Å². The van der Waals surface area contributed by atoms with Crippen LogP contribution in [0, 0.1) is 13.8 Å². The van der Waals surface area contributed by atoms with E-state index in [2.05, 4.69) is 4.98 Å². The third kappa shape index (κ3) is 3.41. The number of carbonyl (C=O) groups is 1. The van der Waals surface area contributed by atoms with Crippen molar-refractivity contribution < 1.29 is 9.53 Å². The normalized spacial score (nSPS) is 10.3. The third-order valence-corrected chi connectivity index (χ3v) is 2.91. The molecule has 0 radical (unpaired) electrons. The van der Waals surface area contributed by atoms with Crippen molar-refractivity contribution in [3.8, 4) is 5.75 Å². The largest absolute Gasteiger partial charge is 0.489 e. The summed E-state index contributed by atoms with van der Waals surface area (Å²) in [6.07, 6.45) is 3.61. The molecule has 3 nitrogen and oxygen atoms in total. The Hall–Kier alpha value is -2.16. The predicted molar refractivity (Wildman–Crippen MR) is 74.5 cm³/mol. The van der Waals surface area contributed by atoms with Gasteiger partial charge < -0.3 is 4.74 Å². The van der Waals surface area contributed by atoms with Crippen LogP contribution in [0.5, 0.6) is 5.75 Å². The number of hydrogen-bond acceptors (Lipinski definition) is 3. The number of aromatic nitrogens is 1. The Labute approximate surface area is 113 Å². The zero-order valence-electron chi connectivity index (χ0n) is 11.4. The first-order chi connectivity index (χ1) is 9.06. The molecule has 0 saturated heterocycles. The van der Waals surface area contributed by atoms with Gasteiger partial charge in [0, 0.05) is 23.5 Å². The summed E-state index contributed by atoms with van der Waals surface area (Å²) in [6, 6.07) is 7.53. The molecule has 0 bridgehead atoms. The lowest BCUT2D eigenvalue weighted by atomic mass is 10.1. The number of aryl methyl sites for hydroxylation is 2. The quantitative estimate of drug-likeness (QED) is 0.785. The minimum atomic E-state index is 0.0672. The lowest BCUT2D eigenvalue weighted by Crippen LogP contribution is -2.00. The molecule has 19 heavy (non-hydrogen) atoms. The second kappa shape index (κ2) is 5.65. The first-order valence-electron chi connectivity index (χ1n) is 6.21. The van der Waals surface area contributed by atoms with Gasteiger partial charge in [0.25, 0.3) is 0 Å². The first-order valence-corrected chi connectivity index (χ1v) is 6.21. The van der Waals surface area contributed by atoms with Gasteiger partial charge in [-0.15, -0.1) is 0 Å². The van der Waals surface area contributed by atoms with Crippen LogP contribution in [0.25, 0.3) is 0 Å². The molecule has 0 unspecified atom stereocenters. The second-order valence-electron chi connectivity index (χ2n) is 4.70. The van der Waals surface area contributed by atoms with E-state index in [0.29, 0.717) is 12.2 Å². The van der Waals surface area contributed by atoms with Gasteiger partial charge in [0.15, 0.2) is 5.78 Å². The summed E-state index contributed by atoms with van der Waals surface area (Å²) < 4.78 is 5.76. The SMILES string of the molecule is CC(=O)c1ccc(OCc2cncc(C)c2)c(C)c1. The minimum absolute atomic E-state index is 0.0672. The number of rotatable bonds is 4. The van der Waals surface area contributed by atoms with Crippen LogP contribution in [-0.4, -0.2) is 10.8 Å². The van der Waals surface area contributed by atoms with Crippen molar-refractivity contribution in [3.05, 3.63) is 58.9 Å². The van der Waals surface area contributed by atoms with Crippen LogP contribution in [0.1, 0.15) is 34.0 Å². The molecule has 0 aliphatic carbocycles. The van der Waals surface area contributed by atoms with Crippen LogP contribution in [0.3, 0.4) is 0 Å². The van der Waals surface area contributed by atoms with Gasteiger partial charge in [-0.05, 0) is 56.2 Å². The number of benzene rings is 1. The Morgan fingerprint density at radius 3 is 2.63 bits per heavy atom. The third-order valence-electron chi connectivity index (χ3n) is 2.91. The molecular formula is C16H17NO2. The van der Waals surface area contributed by atoms with Gasteiger partial charge in [-0.1, -0.05) is 0 Å². The maximum Gasteiger partial charge on any atom is 0.159 e. The van der Waals surface area contributed by atoms with Crippen molar-refractivity contribution in [2.75, 3.05) is 0 Å². The molecule has 0 aliphatic rings. The summed E-state index contributed by atoms with van der Waals surface area (Å²) in [5.74, 6) is 0.865. The van der Waals surface area contributed by atoms with Crippen LogP contribution in [0.15, 0.2) is 36.7 Å². The molecule has 1 heterocycles. The van der Waals surface area contributed by atoms with Crippen LogP contribution >= 0.6 is 0 Å². The van der Waals surface area contributed by atoms with E-state index in [0.717, 1.165) is 22.4 Å².